The zero-order valence-electron chi connectivity index (χ0n) is 16.8. The largest absolute Gasteiger partial charge is 0.380 e. The van der Waals surface area contributed by atoms with Crippen LogP contribution in [0, 0.1) is 26.7 Å². The van der Waals surface area contributed by atoms with Gasteiger partial charge in [0.25, 0.3) is 0 Å². The van der Waals surface area contributed by atoms with Gasteiger partial charge in [-0.3, -0.25) is 4.79 Å². The Hall–Kier alpha value is -2.18. The monoisotopic (exact) mass is 370 g/mol. The molecule has 1 aromatic rings. The third kappa shape index (κ3) is 2.33. The zero-order valence-corrected chi connectivity index (χ0v) is 16.8. The number of nitrogens with zero attached hydrogens (tertiary/aromatic N) is 2. The van der Waals surface area contributed by atoms with Gasteiger partial charge in [-0.15, -0.1) is 0 Å². The number of ketones is 1. The Morgan fingerprint density at radius 3 is 2.56 bits per heavy atom. The number of aryl methyl sites for hydroxylation is 3. The van der Waals surface area contributed by atoms with Gasteiger partial charge in [0, 0.05) is 32.3 Å². The van der Waals surface area contributed by atoms with Gasteiger partial charge in [-0.2, -0.15) is 0 Å². The highest BCUT2D eigenvalue weighted by molar-refractivity contribution is 6.13. The summed E-state index contributed by atoms with van der Waals surface area (Å²) in [5.74, 6) is -1.71. The Balaban J connectivity index is 1.94. The summed E-state index contributed by atoms with van der Waals surface area (Å²) < 4.78 is 12.2. The molecule has 6 nitrogen and oxygen atoms in total. The first-order valence-electron chi connectivity index (χ1n) is 9.25. The number of likely N-dealkylation sites (N-methyl/N-ethyl adjacent to an activating group) is 1. The summed E-state index contributed by atoms with van der Waals surface area (Å²) in [5, 5.41) is 4.42. The molecular weight excluding hydrogens is 344 g/mol. The number of oxime groups is 1. The third-order valence-corrected chi connectivity index (χ3v) is 6.04. The molecule has 27 heavy (non-hydrogen) atoms. The van der Waals surface area contributed by atoms with Crippen LogP contribution < -0.4 is 0 Å². The van der Waals surface area contributed by atoms with Crippen LogP contribution in [0.4, 0.5) is 0 Å². The molecule has 0 radical (unpaired) electrons. The molecule has 3 atom stereocenters. The van der Waals surface area contributed by atoms with Crippen molar-refractivity contribution in [2.75, 3.05) is 27.3 Å². The van der Waals surface area contributed by atoms with Gasteiger partial charge in [0.1, 0.15) is 11.6 Å². The maximum Gasteiger partial charge on any atom is 0.223 e. The van der Waals surface area contributed by atoms with Crippen LogP contribution in [0.25, 0.3) is 0 Å². The standard InChI is InChI=1S/C21H26N2O4/c1-12-9-13(2)17(14(3)10-12)18-19-20(4,27-22-18)16(24)11-15-21(19,25-6)26-8-7-23(15)5/h9-11,19H,7-8H2,1-6H3/t19-,20-,21?/m0/s1. The predicted molar refractivity (Wildman–Crippen MR) is 102 cm³/mol. The number of fused-ring (bicyclic) bond motifs is 3. The van der Waals surface area contributed by atoms with Crippen LogP contribution in [-0.2, 0) is 19.1 Å². The highest BCUT2D eigenvalue weighted by Crippen LogP contribution is 2.51. The fourth-order valence-electron chi connectivity index (χ4n) is 4.80. The van der Waals surface area contributed by atoms with Crippen molar-refractivity contribution >= 4 is 11.5 Å². The fraction of sp³-hybridized carbons (Fsp3) is 0.524. The summed E-state index contributed by atoms with van der Waals surface area (Å²) in [6.45, 7) is 9.17. The summed E-state index contributed by atoms with van der Waals surface area (Å²) in [6.07, 6.45) is 1.59. The molecule has 2 heterocycles. The van der Waals surface area contributed by atoms with Crippen LogP contribution in [0.15, 0.2) is 29.1 Å². The van der Waals surface area contributed by atoms with E-state index in [0.29, 0.717) is 18.9 Å². The maximum absolute atomic E-state index is 13.0. The summed E-state index contributed by atoms with van der Waals surface area (Å²) >= 11 is 0. The number of hydrogen-bond acceptors (Lipinski definition) is 6. The molecule has 1 saturated heterocycles. The van der Waals surface area contributed by atoms with Crippen molar-refractivity contribution in [3.05, 3.63) is 46.2 Å². The second-order valence-electron chi connectivity index (χ2n) is 7.92. The predicted octanol–water partition coefficient (Wildman–Crippen LogP) is 2.49. The number of hydrogen-bond donors (Lipinski definition) is 0. The average molecular weight is 370 g/mol. The SMILES string of the molecule is COC12OCCN(C)C1=CC(=O)[C@]1(C)ON=C(c3c(C)cc(C)cc3C)[C@H]21. The third-order valence-electron chi connectivity index (χ3n) is 6.04. The molecule has 2 aliphatic heterocycles. The number of carbonyl (C=O) groups excluding carboxylic acids is 1. The van der Waals surface area contributed by atoms with Gasteiger partial charge in [-0.05, 0) is 38.8 Å². The number of benzene rings is 1. The van der Waals surface area contributed by atoms with E-state index in [2.05, 4.69) is 38.1 Å². The van der Waals surface area contributed by atoms with Gasteiger partial charge in [0.2, 0.25) is 17.2 Å². The van der Waals surface area contributed by atoms with Crippen LogP contribution in [0.3, 0.4) is 0 Å². The molecule has 4 rings (SSSR count). The molecule has 0 aromatic heterocycles. The lowest BCUT2D eigenvalue weighted by Gasteiger charge is -2.51. The lowest BCUT2D eigenvalue weighted by molar-refractivity contribution is -0.265. The second-order valence-corrected chi connectivity index (χ2v) is 7.92. The van der Waals surface area contributed by atoms with E-state index in [1.165, 1.54) is 5.56 Å². The minimum absolute atomic E-state index is 0.117. The van der Waals surface area contributed by atoms with Crippen molar-refractivity contribution in [1.82, 2.24) is 4.90 Å². The summed E-state index contributed by atoms with van der Waals surface area (Å²) in [5.41, 5.74) is 4.66. The Morgan fingerprint density at radius 1 is 1.26 bits per heavy atom. The molecule has 0 N–H and O–H groups in total. The molecule has 6 heteroatoms. The lowest BCUT2D eigenvalue weighted by Crippen LogP contribution is -2.65. The normalized spacial score (nSPS) is 32.4. The van der Waals surface area contributed by atoms with Gasteiger partial charge < -0.3 is 19.2 Å². The summed E-state index contributed by atoms with van der Waals surface area (Å²) in [6, 6.07) is 4.24. The first kappa shape index (κ1) is 18.2. The molecule has 1 fully saturated rings. The Morgan fingerprint density at radius 2 is 1.93 bits per heavy atom. The number of morpholine rings is 1. The van der Waals surface area contributed by atoms with Crippen molar-refractivity contribution in [2.24, 2.45) is 11.1 Å². The molecule has 0 bridgehead atoms. The number of rotatable bonds is 2. The highest BCUT2D eigenvalue weighted by atomic mass is 16.7. The van der Waals surface area contributed by atoms with Gasteiger partial charge >= 0.3 is 0 Å². The Bertz CT molecular complexity index is 867. The second kappa shape index (κ2) is 5.91. The molecule has 0 spiro atoms. The van der Waals surface area contributed by atoms with Crippen molar-refractivity contribution in [1.29, 1.82) is 0 Å². The lowest BCUT2D eigenvalue weighted by atomic mass is 9.69. The topological polar surface area (TPSA) is 60.4 Å². The number of carbonyl (C=O) groups is 1. The molecule has 1 aliphatic carbocycles. The van der Waals surface area contributed by atoms with Crippen LogP contribution in [0.2, 0.25) is 0 Å². The summed E-state index contributed by atoms with van der Waals surface area (Å²) in [7, 11) is 3.57. The van der Waals surface area contributed by atoms with Crippen molar-refractivity contribution < 1.29 is 19.1 Å². The van der Waals surface area contributed by atoms with E-state index in [1.807, 2.05) is 11.9 Å². The van der Waals surface area contributed by atoms with Crippen molar-refractivity contribution in [3.63, 3.8) is 0 Å². The van der Waals surface area contributed by atoms with E-state index in [-0.39, 0.29) is 5.78 Å². The van der Waals surface area contributed by atoms with Crippen LogP contribution in [0.5, 0.6) is 0 Å². The molecule has 144 valence electrons. The van der Waals surface area contributed by atoms with E-state index in [0.717, 1.165) is 22.4 Å². The van der Waals surface area contributed by atoms with Gasteiger partial charge in [-0.1, -0.05) is 22.9 Å². The molecule has 1 unspecified atom stereocenters. The molecule has 1 aromatic carbocycles. The van der Waals surface area contributed by atoms with E-state index in [9.17, 15) is 4.79 Å². The molecule has 0 amide bonds. The van der Waals surface area contributed by atoms with Crippen LogP contribution >= 0.6 is 0 Å². The minimum atomic E-state index is -1.16. The quantitative estimate of drug-likeness (QED) is 0.801. The number of methoxy groups -OCH3 is 1. The van der Waals surface area contributed by atoms with Gasteiger partial charge in [-0.25, -0.2) is 0 Å². The zero-order chi connectivity index (χ0) is 19.6. The van der Waals surface area contributed by atoms with Crippen molar-refractivity contribution in [3.8, 4) is 0 Å². The Kier molecular flexibility index (Phi) is 3.98. The first-order chi connectivity index (χ1) is 12.7. The van der Waals surface area contributed by atoms with E-state index in [4.69, 9.17) is 14.3 Å². The number of ether oxygens (including phenoxy) is 2. The maximum atomic E-state index is 13.0. The first-order valence-corrected chi connectivity index (χ1v) is 9.25. The van der Waals surface area contributed by atoms with Crippen LogP contribution in [0.1, 0.15) is 29.2 Å². The minimum Gasteiger partial charge on any atom is -0.380 e. The van der Waals surface area contributed by atoms with E-state index >= 15 is 0 Å². The Labute approximate surface area is 159 Å². The summed E-state index contributed by atoms with van der Waals surface area (Å²) in [4.78, 5) is 20.9. The molecule has 0 saturated carbocycles. The average Bonchev–Trinajstić information content (AvgIpc) is 2.95. The fourth-order valence-corrected chi connectivity index (χ4v) is 4.80. The highest BCUT2D eigenvalue weighted by Gasteiger charge is 2.67. The van der Waals surface area contributed by atoms with E-state index < -0.39 is 17.3 Å². The van der Waals surface area contributed by atoms with Gasteiger partial charge in [0.05, 0.1) is 12.3 Å². The van der Waals surface area contributed by atoms with Gasteiger partial charge in [0.15, 0.2) is 0 Å². The van der Waals surface area contributed by atoms with E-state index in [1.54, 1.807) is 20.1 Å². The van der Waals surface area contributed by atoms with Crippen LogP contribution in [-0.4, -0.2) is 55.1 Å². The van der Waals surface area contributed by atoms with Crippen molar-refractivity contribution in [2.45, 2.75) is 39.1 Å². The smallest absolute Gasteiger partial charge is 0.223 e. The molecule has 3 aliphatic rings. The molecular formula is C21H26N2O4.